The molecule has 0 aromatic carbocycles. The standard InChI is InChI=1S/C15H27N5O/c1-11-6-5-7-15(8-11,19(2)3)10-17-14(21)13-12(16)9-20(4)18-13/h9,11H,5-8,10,16H2,1-4H3,(H,17,21). The Labute approximate surface area is 126 Å². The van der Waals surface area contributed by atoms with Crippen molar-refractivity contribution in [3.05, 3.63) is 11.9 Å². The van der Waals surface area contributed by atoms with Crippen LogP contribution in [0.15, 0.2) is 6.20 Å². The van der Waals surface area contributed by atoms with Gasteiger partial charge in [-0.25, -0.2) is 0 Å². The fourth-order valence-corrected chi connectivity index (χ4v) is 3.37. The zero-order valence-electron chi connectivity index (χ0n) is 13.5. The van der Waals surface area contributed by atoms with E-state index in [4.69, 9.17) is 5.73 Å². The van der Waals surface area contributed by atoms with E-state index in [0.29, 0.717) is 23.8 Å². The summed E-state index contributed by atoms with van der Waals surface area (Å²) in [4.78, 5) is 14.5. The number of aromatic nitrogens is 2. The van der Waals surface area contributed by atoms with Crippen molar-refractivity contribution in [2.75, 3.05) is 26.4 Å². The first-order chi connectivity index (χ1) is 9.84. The van der Waals surface area contributed by atoms with Crippen LogP contribution >= 0.6 is 0 Å². The first kappa shape index (κ1) is 15.8. The van der Waals surface area contributed by atoms with Crippen LogP contribution in [-0.4, -0.2) is 46.8 Å². The first-order valence-electron chi connectivity index (χ1n) is 7.59. The predicted molar refractivity (Wildman–Crippen MR) is 84.0 cm³/mol. The van der Waals surface area contributed by atoms with Gasteiger partial charge in [-0.15, -0.1) is 0 Å². The largest absolute Gasteiger partial charge is 0.396 e. The van der Waals surface area contributed by atoms with E-state index in [1.54, 1.807) is 17.9 Å². The summed E-state index contributed by atoms with van der Waals surface area (Å²) >= 11 is 0. The molecule has 0 saturated heterocycles. The highest BCUT2D eigenvalue weighted by atomic mass is 16.2. The minimum absolute atomic E-state index is 0.0386. The maximum atomic E-state index is 12.3. The van der Waals surface area contributed by atoms with Crippen molar-refractivity contribution in [1.82, 2.24) is 20.0 Å². The van der Waals surface area contributed by atoms with Gasteiger partial charge in [0.15, 0.2) is 5.69 Å². The van der Waals surface area contributed by atoms with E-state index < -0.39 is 0 Å². The summed E-state index contributed by atoms with van der Waals surface area (Å²) in [6.07, 6.45) is 6.36. The number of carbonyl (C=O) groups is 1. The van der Waals surface area contributed by atoms with Crippen molar-refractivity contribution in [2.24, 2.45) is 13.0 Å². The lowest BCUT2D eigenvalue weighted by molar-refractivity contribution is 0.0673. The van der Waals surface area contributed by atoms with E-state index >= 15 is 0 Å². The molecule has 1 fully saturated rings. The van der Waals surface area contributed by atoms with Crippen molar-refractivity contribution >= 4 is 11.6 Å². The van der Waals surface area contributed by atoms with E-state index in [0.717, 1.165) is 12.8 Å². The summed E-state index contributed by atoms with van der Waals surface area (Å²) in [5.74, 6) is 0.505. The number of nitrogens with one attached hydrogen (secondary N) is 1. The molecule has 0 aliphatic heterocycles. The number of nitrogens with two attached hydrogens (primary N) is 1. The Balaban J connectivity index is 2.05. The van der Waals surface area contributed by atoms with Crippen LogP contribution < -0.4 is 11.1 Å². The molecule has 0 bridgehead atoms. The van der Waals surface area contributed by atoms with Crippen LogP contribution in [-0.2, 0) is 7.05 Å². The second-order valence-corrected chi connectivity index (χ2v) is 6.61. The summed E-state index contributed by atoms with van der Waals surface area (Å²) in [6, 6.07) is 0. The van der Waals surface area contributed by atoms with Crippen LogP contribution in [0.2, 0.25) is 0 Å². The molecule has 3 N–H and O–H groups in total. The number of hydrogen-bond acceptors (Lipinski definition) is 4. The average molecular weight is 293 g/mol. The predicted octanol–water partition coefficient (Wildman–Crippen LogP) is 1.24. The number of likely N-dealkylation sites (N-methyl/N-ethyl adjacent to an activating group) is 1. The molecule has 1 aromatic heterocycles. The molecule has 2 atom stereocenters. The maximum absolute atomic E-state index is 12.3. The van der Waals surface area contributed by atoms with E-state index in [2.05, 4.69) is 36.3 Å². The van der Waals surface area contributed by atoms with Crippen molar-refractivity contribution < 1.29 is 4.79 Å². The Kier molecular flexibility index (Phi) is 4.56. The van der Waals surface area contributed by atoms with Gasteiger partial charge in [-0.05, 0) is 32.9 Å². The van der Waals surface area contributed by atoms with Gasteiger partial charge in [-0.1, -0.05) is 19.8 Å². The van der Waals surface area contributed by atoms with Crippen LogP contribution in [0.4, 0.5) is 5.69 Å². The van der Waals surface area contributed by atoms with Crippen LogP contribution in [0, 0.1) is 5.92 Å². The van der Waals surface area contributed by atoms with E-state index in [1.807, 2.05) is 0 Å². The van der Waals surface area contributed by atoms with Gasteiger partial charge in [0.25, 0.3) is 5.91 Å². The summed E-state index contributed by atoms with van der Waals surface area (Å²) < 4.78 is 1.56. The molecule has 2 unspecified atom stereocenters. The Bertz CT molecular complexity index is 510. The first-order valence-corrected chi connectivity index (χ1v) is 7.59. The fourth-order valence-electron chi connectivity index (χ4n) is 3.37. The van der Waals surface area contributed by atoms with Gasteiger partial charge >= 0.3 is 0 Å². The molecule has 1 heterocycles. The molecule has 1 aliphatic rings. The molecule has 118 valence electrons. The van der Waals surface area contributed by atoms with Gasteiger partial charge < -0.3 is 16.0 Å². The quantitative estimate of drug-likeness (QED) is 0.876. The Morgan fingerprint density at radius 3 is 2.86 bits per heavy atom. The lowest BCUT2D eigenvalue weighted by atomic mass is 9.75. The molecule has 1 aliphatic carbocycles. The smallest absolute Gasteiger partial charge is 0.274 e. The number of nitrogen functional groups attached to an aromatic ring is 1. The van der Waals surface area contributed by atoms with Gasteiger partial charge in [0.1, 0.15) is 0 Å². The number of hydrogen-bond donors (Lipinski definition) is 2. The third-order valence-electron chi connectivity index (χ3n) is 4.67. The highest BCUT2D eigenvalue weighted by molar-refractivity contribution is 5.97. The fraction of sp³-hybridized carbons (Fsp3) is 0.733. The number of rotatable bonds is 4. The summed E-state index contributed by atoms with van der Waals surface area (Å²) in [7, 11) is 5.95. The lowest BCUT2D eigenvalue weighted by Crippen LogP contribution is -2.55. The third-order valence-corrected chi connectivity index (χ3v) is 4.67. The highest BCUT2D eigenvalue weighted by Gasteiger charge is 2.37. The molecule has 21 heavy (non-hydrogen) atoms. The SMILES string of the molecule is CC1CCCC(CNC(=O)c2nn(C)cc2N)(N(C)C)C1. The number of amides is 1. The summed E-state index contributed by atoms with van der Waals surface area (Å²) in [5.41, 5.74) is 6.59. The van der Waals surface area contributed by atoms with Crippen LogP contribution in [0.3, 0.4) is 0 Å². The average Bonchev–Trinajstić information content (AvgIpc) is 2.75. The van der Waals surface area contributed by atoms with E-state index in [-0.39, 0.29) is 11.4 Å². The van der Waals surface area contributed by atoms with Crippen molar-refractivity contribution in [3.63, 3.8) is 0 Å². The van der Waals surface area contributed by atoms with Gasteiger partial charge in [-0.2, -0.15) is 5.10 Å². The molecule has 1 amide bonds. The monoisotopic (exact) mass is 293 g/mol. The second-order valence-electron chi connectivity index (χ2n) is 6.61. The number of anilines is 1. The normalized spacial score (nSPS) is 26.0. The van der Waals surface area contributed by atoms with Crippen molar-refractivity contribution in [1.29, 1.82) is 0 Å². The zero-order valence-corrected chi connectivity index (χ0v) is 13.5. The summed E-state index contributed by atoms with van der Waals surface area (Å²) in [6.45, 7) is 2.93. The number of aryl methyl sites for hydroxylation is 1. The molecule has 1 saturated carbocycles. The van der Waals surface area contributed by atoms with Crippen LogP contribution in [0.25, 0.3) is 0 Å². The van der Waals surface area contributed by atoms with Gasteiger partial charge in [-0.3, -0.25) is 9.48 Å². The minimum atomic E-state index is -0.187. The Morgan fingerprint density at radius 2 is 2.33 bits per heavy atom. The number of carbonyl (C=O) groups excluding carboxylic acids is 1. The van der Waals surface area contributed by atoms with E-state index in [1.165, 1.54) is 12.8 Å². The van der Waals surface area contributed by atoms with Crippen LogP contribution in [0.5, 0.6) is 0 Å². The lowest BCUT2D eigenvalue weighted by Gasteiger charge is -2.45. The molecule has 6 heteroatoms. The molecule has 0 spiro atoms. The van der Waals surface area contributed by atoms with Gasteiger partial charge in [0.05, 0.1) is 5.69 Å². The second kappa shape index (κ2) is 6.05. The molecule has 1 aromatic rings. The molecular formula is C15H27N5O. The third kappa shape index (κ3) is 3.37. The summed E-state index contributed by atoms with van der Waals surface area (Å²) in [5, 5.41) is 7.15. The molecule has 0 radical (unpaired) electrons. The molecular weight excluding hydrogens is 266 g/mol. The van der Waals surface area contributed by atoms with Crippen molar-refractivity contribution in [2.45, 2.75) is 38.1 Å². The van der Waals surface area contributed by atoms with E-state index in [9.17, 15) is 4.79 Å². The van der Waals surface area contributed by atoms with Gasteiger partial charge in [0.2, 0.25) is 0 Å². The minimum Gasteiger partial charge on any atom is -0.396 e. The Morgan fingerprint density at radius 1 is 1.62 bits per heavy atom. The number of nitrogens with zero attached hydrogens (tertiary/aromatic N) is 3. The zero-order chi connectivity index (χ0) is 15.6. The maximum Gasteiger partial charge on any atom is 0.274 e. The van der Waals surface area contributed by atoms with Crippen molar-refractivity contribution in [3.8, 4) is 0 Å². The Hall–Kier alpha value is -1.56. The van der Waals surface area contributed by atoms with Gasteiger partial charge in [0, 0.05) is 25.3 Å². The topological polar surface area (TPSA) is 76.2 Å². The molecule has 6 nitrogen and oxygen atoms in total. The highest BCUT2D eigenvalue weighted by Crippen LogP contribution is 2.35. The molecule has 2 rings (SSSR count). The van der Waals surface area contributed by atoms with Crippen LogP contribution in [0.1, 0.15) is 43.1 Å².